The van der Waals surface area contributed by atoms with Gasteiger partial charge in [0.2, 0.25) is 0 Å². The molecule has 0 amide bonds. The van der Waals surface area contributed by atoms with E-state index < -0.39 is 0 Å². The van der Waals surface area contributed by atoms with Gasteiger partial charge in [-0.1, -0.05) is 13.0 Å². The van der Waals surface area contributed by atoms with Crippen LogP contribution in [0.25, 0.3) is 0 Å². The van der Waals surface area contributed by atoms with Crippen molar-refractivity contribution in [3.63, 3.8) is 0 Å². The molecule has 1 atom stereocenters. The van der Waals surface area contributed by atoms with Crippen LogP contribution in [0.3, 0.4) is 0 Å². The molecule has 0 heterocycles. The summed E-state index contributed by atoms with van der Waals surface area (Å²) in [6, 6.07) is 6.52. The molecule has 0 bridgehead atoms. The van der Waals surface area contributed by atoms with E-state index in [1.165, 1.54) is 18.4 Å². The lowest BCUT2D eigenvalue weighted by atomic mass is 10.0. The molecule has 4 heteroatoms. The number of benzene rings is 1. The van der Waals surface area contributed by atoms with Crippen LogP contribution in [0.4, 0.5) is 0 Å². The molecule has 4 nitrogen and oxygen atoms in total. The Morgan fingerprint density at radius 1 is 1.10 bits per heavy atom. The topological polar surface area (TPSA) is 33.7 Å². The molecule has 1 unspecified atom stereocenters. The number of nitrogens with zero attached hydrogens (tertiary/aromatic N) is 1. The minimum absolute atomic E-state index is 0.365. The fraction of sp³-hybridized carbons (Fsp3) is 0.647. The summed E-state index contributed by atoms with van der Waals surface area (Å²) in [5.74, 6) is 1.57. The van der Waals surface area contributed by atoms with Crippen molar-refractivity contribution in [1.29, 1.82) is 0 Å². The SMILES string of the molecule is CCC(NCCCCN(C)C)c1ccc(OC)c(OC)c1. The summed E-state index contributed by atoms with van der Waals surface area (Å²) in [5, 5.41) is 3.63. The monoisotopic (exact) mass is 294 g/mol. The minimum Gasteiger partial charge on any atom is -0.493 e. The van der Waals surface area contributed by atoms with Crippen molar-refractivity contribution in [3.8, 4) is 11.5 Å². The molecular formula is C17H30N2O2. The first-order chi connectivity index (χ1) is 10.1. The summed E-state index contributed by atoms with van der Waals surface area (Å²) in [6.07, 6.45) is 3.48. The Labute approximate surface area is 129 Å². The Morgan fingerprint density at radius 2 is 1.81 bits per heavy atom. The molecule has 0 saturated heterocycles. The smallest absolute Gasteiger partial charge is 0.161 e. The van der Waals surface area contributed by atoms with Crippen LogP contribution in [0.2, 0.25) is 0 Å². The standard InChI is InChI=1S/C17H30N2O2/c1-6-15(18-11-7-8-12-19(2)3)14-9-10-16(20-4)17(13-14)21-5/h9-10,13,15,18H,6-8,11-12H2,1-5H3. The molecular weight excluding hydrogens is 264 g/mol. The van der Waals surface area contributed by atoms with Crippen molar-refractivity contribution in [2.24, 2.45) is 0 Å². The fourth-order valence-corrected chi connectivity index (χ4v) is 2.40. The average molecular weight is 294 g/mol. The van der Waals surface area contributed by atoms with E-state index in [0.29, 0.717) is 6.04 Å². The Bertz CT molecular complexity index is 408. The Balaban J connectivity index is 2.55. The summed E-state index contributed by atoms with van der Waals surface area (Å²) >= 11 is 0. The van der Waals surface area contributed by atoms with Crippen LogP contribution in [-0.4, -0.2) is 46.3 Å². The third-order valence-electron chi connectivity index (χ3n) is 3.64. The number of hydrogen-bond acceptors (Lipinski definition) is 4. The molecule has 1 N–H and O–H groups in total. The van der Waals surface area contributed by atoms with Crippen molar-refractivity contribution < 1.29 is 9.47 Å². The van der Waals surface area contributed by atoms with Gasteiger partial charge >= 0.3 is 0 Å². The van der Waals surface area contributed by atoms with E-state index in [0.717, 1.165) is 31.0 Å². The lowest BCUT2D eigenvalue weighted by Gasteiger charge is -2.19. The van der Waals surface area contributed by atoms with Crippen molar-refractivity contribution in [2.75, 3.05) is 41.4 Å². The highest BCUT2D eigenvalue weighted by Crippen LogP contribution is 2.30. The van der Waals surface area contributed by atoms with Crippen molar-refractivity contribution in [2.45, 2.75) is 32.2 Å². The molecule has 21 heavy (non-hydrogen) atoms. The van der Waals surface area contributed by atoms with Crippen LogP contribution in [0.1, 0.15) is 37.8 Å². The van der Waals surface area contributed by atoms with E-state index in [4.69, 9.17) is 9.47 Å². The number of unbranched alkanes of at least 4 members (excludes halogenated alkanes) is 1. The molecule has 1 aromatic rings. The number of ether oxygens (including phenoxy) is 2. The number of nitrogens with one attached hydrogen (secondary N) is 1. The third-order valence-corrected chi connectivity index (χ3v) is 3.64. The molecule has 0 aromatic heterocycles. The number of methoxy groups -OCH3 is 2. The van der Waals surface area contributed by atoms with Gasteiger partial charge in [-0.05, 0) is 64.1 Å². The van der Waals surface area contributed by atoms with Crippen LogP contribution in [0.15, 0.2) is 18.2 Å². The molecule has 0 aliphatic carbocycles. The summed E-state index contributed by atoms with van der Waals surface area (Å²) in [5.41, 5.74) is 1.25. The predicted octanol–water partition coefficient (Wildman–Crippen LogP) is 3.09. The van der Waals surface area contributed by atoms with Crippen LogP contribution < -0.4 is 14.8 Å². The maximum absolute atomic E-state index is 5.38. The molecule has 0 aliphatic rings. The zero-order valence-electron chi connectivity index (χ0n) is 14.1. The van der Waals surface area contributed by atoms with Crippen LogP contribution >= 0.6 is 0 Å². The van der Waals surface area contributed by atoms with E-state index >= 15 is 0 Å². The third kappa shape index (κ3) is 5.94. The highest BCUT2D eigenvalue weighted by Gasteiger charge is 2.12. The van der Waals surface area contributed by atoms with Crippen LogP contribution in [0.5, 0.6) is 11.5 Å². The van der Waals surface area contributed by atoms with Gasteiger partial charge in [0.15, 0.2) is 11.5 Å². The highest BCUT2D eigenvalue weighted by atomic mass is 16.5. The molecule has 0 fully saturated rings. The van der Waals surface area contributed by atoms with Crippen molar-refractivity contribution in [1.82, 2.24) is 10.2 Å². The zero-order chi connectivity index (χ0) is 15.7. The van der Waals surface area contributed by atoms with Gasteiger partial charge in [-0.2, -0.15) is 0 Å². The second kappa shape index (κ2) is 9.64. The second-order valence-corrected chi connectivity index (χ2v) is 5.54. The lowest BCUT2D eigenvalue weighted by Crippen LogP contribution is -2.23. The van der Waals surface area contributed by atoms with Gasteiger partial charge in [0.1, 0.15) is 0 Å². The van der Waals surface area contributed by atoms with Gasteiger partial charge in [0.05, 0.1) is 14.2 Å². The van der Waals surface area contributed by atoms with Crippen LogP contribution in [-0.2, 0) is 0 Å². The van der Waals surface area contributed by atoms with Gasteiger partial charge in [-0.3, -0.25) is 0 Å². The molecule has 0 saturated carbocycles. The predicted molar refractivity (Wildman–Crippen MR) is 88.4 cm³/mol. The largest absolute Gasteiger partial charge is 0.493 e. The average Bonchev–Trinajstić information content (AvgIpc) is 2.50. The van der Waals surface area contributed by atoms with Gasteiger partial charge in [-0.15, -0.1) is 0 Å². The summed E-state index contributed by atoms with van der Waals surface area (Å²) in [4.78, 5) is 2.23. The molecule has 120 valence electrons. The molecule has 1 rings (SSSR count). The Hall–Kier alpha value is -1.26. The van der Waals surface area contributed by atoms with Gasteiger partial charge in [-0.25, -0.2) is 0 Å². The number of hydrogen-bond donors (Lipinski definition) is 1. The fourth-order valence-electron chi connectivity index (χ4n) is 2.40. The Morgan fingerprint density at radius 3 is 2.38 bits per heavy atom. The first kappa shape index (κ1) is 17.8. The molecule has 1 aromatic carbocycles. The van der Waals surface area contributed by atoms with Gasteiger partial charge in [0.25, 0.3) is 0 Å². The maximum Gasteiger partial charge on any atom is 0.161 e. The first-order valence-corrected chi connectivity index (χ1v) is 7.72. The van der Waals surface area contributed by atoms with E-state index in [2.05, 4.69) is 43.4 Å². The molecule has 0 aliphatic heterocycles. The van der Waals surface area contributed by atoms with Crippen molar-refractivity contribution in [3.05, 3.63) is 23.8 Å². The minimum atomic E-state index is 0.365. The second-order valence-electron chi connectivity index (χ2n) is 5.54. The quantitative estimate of drug-likeness (QED) is 0.672. The summed E-state index contributed by atoms with van der Waals surface area (Å²) < 4.78 is 10.7. The normalized spacial score (nSPS) is 12.5. The number of rotatable bonds is 10. The van der Waals surface area contributed by atoms with E-state index in [9.17, 15) is 0 Å². The Kier molecular flexibility index (Phi) is 8.16. The van der Waals surface area contributed by atoms with E-state index in [1.54, 1.807) is 14.2 Å². The maximum atomic E-state index is 5.38. The van der Waals surface area contributed by atoms with Crippen molar-refractivity contribution >= 4 is 0 Å². The summed E-state index contributed by atoms with van der Waals surface area (Å²) in [7, 11) is 7.58. The molecule has 0 radical (unpaired) electrons. The zero-order valence-corrected chi connectivity index (χ0v) is 14.1. The van der Waals surface area contributed by atoms with Gasteiger partial charge in [0, 0.05) is 6.04 Å². The van der Waals surface area contributed by atoms with Crippen LogP contribution in [0, 0.1) is 0 Å². The van der Waals surface area contributed by atoms with Gasteiger partial charge < -0.3 is 19.7 Å². The summed E-state index contributed by atoms with van der Waals surface area (Å²) in [6.45, 7) is 4.39. The molecule has 0 spiro atoms. The highest BCUT2D eigenvalue weighted by molar-refractivity contribution is 5.43. The van der Waals surface area contributed by atoms with E-state index in [-0.39, 0.29) is 0 Å². The first-order valence-electron chi connectivity index (χ1n) is 7.72. The lowest BCUT2D eigenvalue weighted by molar-refractivity contribution is 0.353. The van der Waals surface area contributed by atoms with E-state index in [1.807, 2.05) is 6.07 Å².